The second kappa shape index (κ2) is 19.5. The summed E-state index contributed by atoms with van der Waals surface area (Å²) in [5.41, 5.74) is 3.14. The summed E-state index contributed by atoms with van der Waals surface area (Å²) in [6.07, 6.45) is 1.37. The first-order valence-corrected chi connectivity index (χ1v) is 18.0. The standard InChI is InChI=1S/C31H34O3S5/c32-29(20-25-10-4-1-5-11-25)37-17-16-35-23-28(24-39-31(34)22-27-14-8-3-9-15-27)36-18-19-38-30(33)21-26-12-6-2-7-13-26/h1-15,28H,16-24H2. The lowest BCUT2D eigenvalue weighted by atomic mass is 10.2. The Kier molecular flexibility index (Phi) is 16.0. The average molecular weight is 615 g/mol. The van der Waals surface area contributed by atoms with E-state index in [1.54, 1.807) is 0 Å². The van der Waals surface area contributed by atoms with Crippen LogP contribution in [0.1, 0.15) is 16.7 Å². The summed E-state index contributed by atoms with van der Waals surface area (Å²) >= 11 is 7.89. The van der Waals surface area contributed by atoms with E-state index in [4.69, 9.17) is 0 Å². The van der Waals surface area contributed by atoms with E-state index in [2.05, 4.69) is 0 Å². The summed E-state index contributed by atoms with van der Waals surface area (Å²) in [5, 5.41) is 0.894. The normalized spacial score (nSPS) is 11.7. The molecule has 0 fully saturated rings. The van der Waals surface area contributed by atoms with Crippen molar-refractivity contribution in [2.24, 2.45) is 0 Å². The van der Waals surface area contributed by atoms with Gasteiger partial charge in [-0.3, -0.25) is 14.4 Å². The Bertz CT molecular complexity index is 1130. The average Bonchev–Trinajstić information content (AvgIpc) is 2.95. The maximum atomic E-state index is 12.6. The quantitative estimate of drug-likeness (QED) is 0.147. The molecule has 0 saturated heterocycles. The molecule has 206 valence electrons. The molecule has 0 N–H and O–H groups in total. The summed E-state index contributed by atoms with van der Waals surface area (Å²) < 4.78 is 0. The van der Waals surface area contributed by atoms with Crippen LogP contribution in [0.3, 0.4) is 0 Å². The molecule has 39 heavy (non-hydrogen) atoms. The highest BCUT2D eigenvalue weighted by Gasteiger charge is 2.15. The van der Waals surface area contributed by atoms with Gasteiger partial charge in [-0.25, -0.2) is 0 Å². The highest BCUT2D eigenvalue weighted by atomic mass is 32.2. The van der Waals surface area contributed by atoms with Crippen LogP contribution in [0.25, 0.3) is 0 Å². The molecule has 0 aromatic heterocycles. The van der Waals surface area contributed by atoms with Crippen LogP contribution in [0.2, 0.25) is 0 Å². The zero-order chi connectivity index (χ0) is 27.5. The van der Waals surface area contributed by atoms with Crippen molar-refractivity contribution in [1.82, 2.24) is 0 Å². The van der Waals surface area contributed by atoms with Crippen LogP contribution < -0.4 is 0 Å². The molecule has 0 aliphatic rings. The summed E-state index contributed by atoms with van der Waals surface area (Å²) in [7, 11) is 0. The van der Waals surface area contributed by atoms with Crippen molar-refractivity contribution in [3.05, 3.63) is 108 Å². The van der Waals surface area contributed by atoms with Crippen LogP contribution in [0.5, 0.6) is 0 Å². The van der Waals surface area contributed by atoms with Gasteiger partial charge in [-0.1, -0.05) is 126 Å². The Morgan fingerprint density at radius 1 is 0.487 bits per heavy atom. The maximum absolute atomic E-state index is 12.6. The fraction of sp³-hybridized carbons (Fsp3) is 0.323. The third-order valence-electron chi connectivity index (χ3n) is 5.50. The molecule has 0 aliphatic carbocycles. The number of benzene rings is 3. The Labute approximate surface area is 253 Å². The number of thioether (sulfide) groups is 5. The van der Waals surface area contributed by atoms with Crippen molar-refractivity contribution in [2.75, 3.05) is 34.5 Å². The Hall–Kier alpha value is -1.58. The van der Waals surface area contributed by atoms with Gasteiger partial charge in [0.05, 0.1) is 0 Å². The van der Waals surface area contributed by atoms with Gasteiger partial charge in [-0.05, 0) is 16.7 Å². The van der Waals surface area contributed by atoms with E-state index < -0.39 is 0 Å². The molecule has 0 amide bonds. The molecule has 0 radical (unpaired) electrons. The van der Waals surface area contributed by atoms with Crippen molar-refractivity contribution in [1.29, 1.82) is 0 Å². The third-order valence-corrected chi connectivity index (χ3v) is 11.6. The number of hydrogen-bond acceptors (Lipinski definition) is 8. The SMILES string of the molecule is O=C(Cc1ccccc1)SCCSCC(CSC(=O)Cc1ccccc1)SCCSC(=O)Cc1ccccc1. The van der Waals surface area contributed by atoms with Crippen LogP contribution in [-0.2, 0) is 33.6 Å². The Balaban J connectivity index is 1.37. The van der Waals surface area contributed by atoms with Gasteiger partial charge in [0.25, 0.3) is 0 Å². The lowest BCUT2D eigenvalue weighted by Crippen LogP contribution is -2.14. The minimum Gasteiger partial charge on any atom is -0.287 e. The number of rotatable bonds is 17. The molecule has 1 atom stereocenters. The monoisotopic (exact) mass is 614 g/mol. The van der Waals surface area contributed by atoms with E-state index in [0.717, 1.165) is 51.2 Å². The minimum absolute atomic E-state index is 0.186. The van der Waals surface area contributed by atoms with Crippen molar-refractivity contribution in [2.45, 2.75) is 24.5 Å². The van der Waals surface area contributed by atoms with E-state index in [0.29, 0.717) is 24.5 Å². The molecule has 0 spiro atoms. The lowest BCUT2D eigenvalue weighted by molar-refractivity contribution is -0.111. The molecule has 8 heteroatoms. The molecule has 0 saturated carbocycles. The van der Waals surface area contributed by atoms with Crippen molar-refractivity contribution >= 4 is 74.2 Å². The molecular formula is C31H34O3S5. The predicted octanol–water partition coefficient (Wildman–Crippen LogP) is 7.33. The zero-order valence-corrected chi connectivity index (χ0v) is 26.0. The van der Waals surface area contributed by atoms with Gasteiger partial charge < -0.3 is 0 Å². The van der Waals surface area contributed by atoms with Crippen molar-refractivity contribution in [3.8, 4) is 0 Å². The Morgan fingerprint density at radius 3 is 1.36 bits per heavy atom. The second-order valence-corrected chi connectivity index (χ2v) is 14.6. The van der Waals surface area contributed by atoms with Gasteiger partial charge in [-0.15, -0.1) is 0 Å². The van der Waals surface area contributed by atoms with E-state index in [1.807, 2.05) is 115 Å². The highest BCUT2D eigenvalue weighted by Crippen LogP contribution is 2.24. The highest BCUT2D eigenvalue weighted by molar-refractivity contribution is 8.16. The summed E-state index contributed by atoms with van der Waals surface area (Å²) in [6, 6.07) is 29.5. The first-order chi connectivity index (χ1) is 19.1. The van der Waals surface area contributed by atoms with E-state index in [-0.39, 0.29) is 15.3 Å². The van der Waals surface area contributed by atoms with Gasteiger partial charge in [-0.2, -0.15) is 23.5 Å². The lowest BCUT2D eigenvalue weighted by Gasteiger charge is -2.15. The predicted molar refractivity (Wildman–Crippen MR) is 176 cm³/mol. The molecule has 3 aromatic rings. The minimum atomic E-state index is 0.186. The fourth-order valence-electron chi connectivity index (χ4n) is 3.57. The van der Waals surface area contributed by atoms with Crippen LogP contribution in [0, 0.1) is 0 Å². The van der Waals surface area contributed by atoms with Crippen molar-refractivity contribution < 1.29 is 14.4 Å². The molecule has 0 heterocycles. The zero-order valence-electron chi connectivity index (χ0n) is 21.9. The molecule has 1 unspecified atom stereocenters. The van der Waals surface area contributed by atoms with Crippen LogP contribution in [-0.4, -0.2) is 55.1 Å². The first kappa shape index (κ1) is 31.9. The van der Waals surface area contributed by atoms with E-state index >= 15 is 0 Å². The van der Waals surface area contributed by atoms with E-state index in [1.165, 1.54) is 35.3 Å². The van der Waals surface area contributed by atoms with Crippen LogP contribution in [0.15, 0.2) is 91.0 Å². The Morgan fingerprint density at radius 2 is 0.897 bits per heavy atom. The maximum Gasteiger partial charge on any atom is 0.193 e. The number of carbonyl (C=O) groups is 3. The second-order valence-electron chi connectivity index (χ2n) is 8.68. The molecule has 3 aromatic carbocycles. The van der Waals surface area contributed by atoms with E-state index in [9.17, 15) is 14.4 Å². The molecule has 3 nitrogen and oxygen atoms in total. The number of carbonyl (C=O) groups excluding carboxylic acids is 3. The largest absolute Gasteiger partial charge is 0.287 e. The van der Waals surface area contributed by atoms with Gasteiger partial charge in [0.1, 0.15) is 0 Å². The van der Waals surface area contributed by atoms with Crippen LogP contribution in [0.4, 0.5) is 0 Å². The molecule has 0 bridgehead atoms. The summed E-state index contributed by atoms with van der Waals surface area (Å²) in [4.78, 5) is 37.2. The van der Waals surface area contributed by atoms with Gasteiger partial charge in [0.2, 0.25) is 0 Å². The van der Waals surface area contributed by atoms with Crippen molar-refractivity contribution in [3.63, 3.8) is 0 Å². The van der Waals surface area contributed by atoms with Gasteiger partial charge in [0, 0.05) is 59.0 Å². The van der Waals surface area contributed by atoms with Gasteiger partial charge in [0.15, 0.2) is 15.3 Å². The topological polar surface area (TPSA) is 51.2 Å². The molecule has 0 aliphatic heterocycles. The van der Waals surface area contributed by atoms with Gasteiger partial charge >= 0.3 is 0 Å². The summed E-state index contributed by atoms with van der Waals surface area (Å²) in [6.45, 7) is 0. The third kappa shape index (κ3) is 14.6. The first-order valence-electron chi connectivity index (χ1n) is 12.9. The number of hydrogen-bond donors (Lipinski definition) is 0. The summed E-state index contributed by atoms with van der Waals surface area (Å²) in [5.74, 6) is 5.00. The fourth-order valence-corrected chi connectivity index (χ4v) is 9.14. The smallest absolute Gasteiger partial charge is 0.193 e. The molecular weight excluding hydrogens is 581 g/mol. The van der Waals surface area contributed by atoms with Crippen LogP contribution >= 0.6 is 58.8 Å². The molecule has 3 rings (SSSR count).